The second-order valence-electron chi connectivity index (χ2n) is 3.37. The molecule has 1 saturated heterocycles. The van der Waals surface area contributed by atoms with Crippen molar-refractivity contribution >= 4 is 5.91 Å². The fourth-order valence-electron chi connectivity index (χ4n) is 1.12. The lowest BCUT2D eigenvalue weighted by Gasteiger charge is -2.26. The van der Waals surface area contributed by atoms with Gasteiger partial charge in [0.15, 0.2) is 0 Å². The molecular weight excluding hydrogens is 172 g/mol. The molecule has 1 aliphatic heterocycles. The number of hydrogen-bond acceptors (Lipinski definition) is 4. The van der Waals surface area contributed by atoms with Crippen LogP contribution in [-0.2, 0) is 4.79 Å². The summed E-state index contributed by atoms with van der Waals surface area (Å²) in [6.45, 7) is 1.62. The van der Waals surface area contributed by atoms with Crippen molar-refractivity contribution in [1.82, 2.24) is 10.6 Å². The first kappa shape index (κ1) is 10.4. The molecule has 1 aliphatic rings. The van der Waals surface area contributed by atoms with Crippen LogP contribution in [0.2, 0.25) is 0 Å². The lowest BCUT2D eigenvalue weighted by molar-refractivity contribution is -0.122. The van der Waals surface area contributed by atoms with Crippen molar-refractivity contribution in [3.05, 3.63) is 0 Å². The van der Waals surface area contributed by atoms with E-state index >= 15 is 0 Å². The Bertz CT molecular complexity index is 171. The van der Waals surface area contributed by atoms with Gasteiger partial charge in [-0.3, -0.25) is 4.79 Å². The summed E-state index contributed by atoms with van der Waals surface area (Å²) in [5.74, 6) is 0.380. The topological polar surface area (TPSA) is 81.6 Å². The van der Waals surface area contributed by atoms with Gasteiger partial charge >= 0.3 is 0 Å². The Morgan fingerprint density at radius 2 is 2.31 bits per heavy atom. The molecule has 1 fully saturated rings. The first-order chi connectivity index (χ1) is 6.22. The molecule has 0 aromatic heterocycles. The van der Waals surface area contributed by atoms with Crippen LogP contribution in [0.5, 0.6) is 0 Å². The lowest BCUT2D eigenvalue weighted by Crippen LogP contribution is -2.45. The van der Waals surface area contributed by atoms with E-state index in [4.69, 9.17) is 10.2 Å². The van der Waals surface area contributed by atoms with Gasteiger partial charge in [-0.25, -0.2) is 0 Å². The Balaban J connectivity index is 2.03. The van der Waals surface area contributed by atoms with Crippen molar-refractivity contribution in [1.29, 1.82) is 0 Å². The van der Waals surface area contributed by atoms with Crippen molar-refractivity contribution in [3.8, 4) is 0 Å². The Hall–Kier alpha value is -0.650. The van der Waals surface area contributed by atoms with Gasteiger partial charge in [0.05, 0.1) is 12.7 Å². The summed E-state index contributed by atoms with van der Waals surface area (Å²) < 4.78 is 0. The monoisotopic (exact) mass is 188 g/mol. The molecule has 1 rings (SSSR count). The highest BCUT2D eigenvalue weighted by Crippen LogP contribution is 2.07. The van der Waals surface area contributed by atoms with E-state index in [-0.39, 0.29) is 19.1 Å². The molecule has 76 valence electrons. The van der Waals surface area contributed by atoms with E-state index < -0.39 is 6.10 Å². The van der Waals surface area contributed by atoms with Crippen LogP contribution in [0.4, 0.5) is 0 Å². The molecular formula is C8H16N2O3. The number of carbonyl (C=O) groups excluding carboxylic acids is 1. The first-order valence-electron chi connectivity index (χ1n) is 4.48. The summed E-state index contributed by atoms with van der Waals surface area (Å²) in [5.41, 5.74) is 0. The van der Waals surface area contributed by atoms with Crippen LogP contribution in [0.1, 0.15) is 6.42 Å². The molecule has 5 heteroatoms. The molecule has 0 aromatic rings. The number of rotatable bonds is 5. The van der Waals surface area contributed by atoms with Gasteiger partial charge in [0.1, 0.15) is 0 Å². The molecule has 5 nitrogen and oxygen atoms in total. The maximum absolute atomic E-state index is 11.1. The summed E-state index contributed by atoms with van der Waals surface area (Å²) in [5, 5.41) is 23.0. The minimum absolute atomic E-state index is 0.0565. The smallest absolute Gasteiger partial charge is 0.220 e. The minimum atomic E-state index is -0.844. The lowest BCUT2D eigenvalue weighted by atomic mass is 9.99. The largest absolute Gasteiger partial charge is 0.394 e. The van der Waals surface area contributed by atoms with Gasteiger partial charge in [0.25, 0.3) is 0 Å². The molecule has 0 radical (unpaired) electrons. The number of aliphatic hydroxyl groups excluding tert-OH is 2. The molecule has 0 aliphatic carbocycles. The molecule has 13 heavy (non-hydrogen) atoms. The molecule has 1 amide bonds. The summed E-state index contributed by atoms with van der Waals surface area (Å²) >= 11 is 0. The van der Waals surface area contributed by atoms with E-state index in [1.807, 2.05) is 0 Å². The van der Waals surface area contributed by atoms with E-state index in [1.54, 1.807) is 0 Å². The fourth-order valence-corrected chi connectivity index (χ4v) is 1.12. The molecule has 0 saturated carbocycles. The third-order valence-electron chi connectivity index (χ3n) is 2.09. The molecule has 0 aromatic carbocycles. The van der Waals surface area contributed by atoms with Crippen molar-refractivity contribution < 1.29 is 15.0 Å². The molecule has 1 heterocycles. The van der Waals surface area contributed by atoms with E-state index in [0.717, 1.165) is 13.1 Å². The van der Waals surface area contributed by atoms with Crippen molar-refractivity contribution in [3.63, 3.8) is 0 Å². The fraction of sp³-hybridized carbons (Fsp3) is 0.875. The van der Waals surface area contributed by atoms with Crippen LogP contribution in [0.15, 0.2) is 0 Å². The van der Waals surface area contributed by atoms with Crippen molar-refractivity contribution in [2.75, 3.05) is 26.2 Å². The highest BCUT2D eigenvalue weighted by molar-refractivity contribution is 5.76. The number of nitrogens with one attached hydrogen (secondary N) is 2. The van der Waals surface area contributed by atoms with Crippen LogP contribution < -0.4 is 10.6 Å². The Kier molecular flexibility index (Phi) is 4.14. The van der Waals surface area contributed by atoms with Gasteiger partial charge in [0.2, 0.25) is 5.91 Å². The van der Waals surface area contributed by atoms with Gasteiger partial charge in [-0.05, 0) is 19.0 Å². The number of carbonyl (C=O) groups is 1. The third-order valence-corrected chi connectivity index (χ3v) is 2.09. The summed E-state index contributed by atoms with van der Waals surface area (Å²) in [6, 6.07) is 0. The van der Waals surface area contributed by atoms with Gasteiger partial charge in [0, 0.05) is 13.0 Å². The summed E-state index contributed by atoms with van der Waals surface area (Å²) in [6.07, 6.45) is -0.339. The summed E-state index contributed by atoms with van der Waals surface area (Å²) in [4.78, 5) is 11.1. The molecule has 4 N–H and O–H groups in total. The van der Waals surface area contributed by atoms with E-state index in [9.17, 15) is 4.79 Å². The predicted molar refractivity (Wildman–Crippen MR) is 47.1 cm³/mol. The second kappa shape index (κ2) is 5.16. The van der Waals surface area contributed by atoms with Gasteiger partial charge in [-0.2, -0.15) is 0 Å². The number of amides is 1. The third kappa shape index (κ3) is 3.71. The van der Waals surface area contributed by atoms with Crippen molar-refractivity contribution in [2.45, 2.75) is 12.5 Å². The summed E-state index contributed by atoms with van der Waals surface area (Å²) in [7, 11) is 0. The zero-order valence-corrected chi connectivity index (χ0v) is 7.49. The van der Waals surface area contributed by atoms with Gasteiger partial charge in [-0.15, -0.1) is 0 Å². The van der Waals surface area contributed by atoms with Gasteiger partial charge in [-0.1, -0.05) is 0 Å². The quantitative estimate of drug-likeness (QED) is 0.405. The molecule has 0 bridgehead atoms. The average Bonchev–Trinajstić information content (AvgIpc) is 2.07. The molecule has 1 atom stereocenters. The Labute approximate surface area is 77.1 Å². The first-order valence-corrected chi connectivity index (χ1v) is 4.48. The number of hydrogen-bond donors (Lipinski definition) is 4. The van der Waals surface area contributed by atoms with Crippen LogP contribution in [-0.4, -0.2) is 48.5 Å². The van der Waals surface area contributed by atoms with E-state index in [1.165, 1.54) is 0 Å². The maximum Gasteiger partial charge on any atom is 0.220 e. The SMILES string of the molecule is O=C(CC1CNC1)NCC(O)CO. The second-order valence-corrected chi connectivity index (χ2v) is 3.37. The van der Waals surface area contributed by atoms with Gasteiger partial charge < -0.3 is 20.8 Å². The zero-order valence-electron chi connectivity index (χ0n) is 7.49. The Morgan fingerprint density at radius 3 is 2.77 bits per heavy atom. The van der Waals surface area contributed by atoms with E-state index in [0.29, 0.717) is 12.3 Å². The average molecular weight is 188 g/mol. The minimum Gasteiger partial charge on any atom is -0.394 e. The zero-order chi connectivity index (χ0) is 9.68. The molecule has 1 unspecified atom stereocenters. The normalized spacial score (nSPS) is 19.2. The predicted octanol–water partition coefficient (Wildman–Crippen LogP) is -1.93. The Morgan fingerprint density at radius 1 is 1.62 bits per heavy atom. The number of aliphatic hydroxyl groups is 2. The van der Waals surface area contributed by atoms with E-state index in [2.05, 4.69) is 10.6 Å². The highest BCUT2D eigenvalue weighted by Gasteiger charge is 2.19. The van der Waals surface area contributed by atoms with Crippen LogP contribution >= 0.6 is 0 Å². The van der Waals surface area contributed by atoms with Crippen molar-refractivity contribution in [2.24, 2.45) is 5.92 Å². The standard InChI is InChI=1S/C8H16N2O3/c11-5-7(12)4-10-8(13)1-6-2-9-3-6/h6-7,9,11-12H,1-5H2,(H,10,13). The van der Waals surface area contributed by atoms with Crippen LogP contribution in [0.3, 0.4) is 0 Å². The van der Waals surface area contributed by atoms with Crippen LogP contribution in [0.25, 0.3) is 0 Å². The van der Waals surface area contributed by atoms with Crippen LogP contribution in [0, 0.1) is 5.92 Å². The maximum atomic E-state index is 11.1. The molecule has 0 spiro atoms. The highest BCUT2D eigenvalue weighted by atomic mass is 16.3.